The Labute approximate surface area is 177 Å². The molecule has 0 aromatic carbocycles. The van der Waals surface area contributed by atoms with E-state index in [9.17, 15) is 14.7 Å². The van der Waals surface area contributed by atoms with Gasteiger partial charge in [0, 0.05) is 18.4 Å². The number of ether oxygens (including phenoxy) is 1. The molecule has 0 bridgehead atoms. The Balaban J connectivity index is 1.70. The molecule has 0 aliphatic heterocycles. The summed E-state index contributed by atoms with van der Waals surface area (Å²) in [5.41, 5.74) is 0.180. The molecule has 2 rings (SSSR count). The highest BCUT2D eigenvalue weighted by atomic mass is 16.5. The highest BCUT2D eigenvalue weighted by molar-refractivity contribution is 5.83. The number of hydrogen-bond acceptors (Lipinski definition) is 4. The number of Topliss-reactive ketones (excluding diaryl/α,β-unsaturated/α-hetero) is 1. The second-order valence-corrected chi connectivity index (χ2v) is 9.22. The number of aliphatic hydroxyl groups is 1. The molecule has 2 fully saturated rings. The first-order chi connectivity index (χ1) is 14.0. The number of esters is 1. The highest BCUT2D eigenvalue weighted by Gasteiger charge is 2.43. The third kappa shape index (κ3) is 7.24. The van der Waals surface area contributed by atoms with Crippen LogP contribution in [-0.4, -0.2) is 29.6 Å². The van der Waals surface area contributed by atoms with Crippen LogP contribution in [0.25, 0.3) is 0 Å². The quantitative estimate of drug-likeness (QED) is 0.226. The molecule has 0 amide bonds. The van der Waals surface area contributed by atoms with Gasteiger partial charge in [-0.25, -0.2) is 4.79 Å². The molecule has 2 saturated carbocycles. The number of rotatable bonds is 14. The average molecular weight is 407 g/mol. The van der Waals surface area contributed by atoms with Crippen LogP contribution in [-0.2, 0) is 14.3 Å². The zero-order valence-electron chi connectivity index (χ0n) is 18.7. The fourth-order valence-electron chi connectivity index (χ4n) is 5.30. The fourth-order valence-corrected chi connectivity index (χ4v) is 5.30. The van der Waals surface area contributed by atoms with E-state index in [4.69, 9.17) is 4.74 Å². The highest BCUT2D eigenvalue weighted by Crippen LogP contribution is 2.49. The minimum absolute atomic E-state index is 0.180. The molecule has 0 radical (unpaired) electrons. The lowest BCUT2D eigenvalue weighted by Crippen LogP contribution is -2.41. The van der Waals surface area contributed by atoms with Gasteiger partial charge in [0.25, 0.3) is 0 Å². The zero-order chi connectivity index (χ0) is 21.1. The van der Waals surface area contributed by atoms with Gasteiger partial charge in [-0.05, 0) is 76.0 Å². The molecule has 4 heteroatoms. The van der Waals surface area contributed by atoms with E-state index in [0.29, 0.717) is 18.3 Å². The molecule has 0 spiro atoms. The van der Waals surface area contributed by atoms with E-state index in [1.54, 1.807) is 6.92 Å². The summed E-state index contributed by atoms with van der Waals surface area (Å²) in [5.74, 6) is 0.788. The maximum Gasteiger partial charge on any atom is 0.330 e. The molecule has 166 valence electrons. The van der Waals surface area contributed by atoms with Crippen molar-refractivity contribution in [2.24, 2.45) is 17.3 Å². The van der Waals surface area contributed by atoms with Crippen LogP contribution in [0.3, 0.4) is 0 Å². The van der Waals surface area contributed by atoms with Crippen LogP contribution in [0.4, 0.5) is 0 Å². The largest absolute Gasteiger partial charge is 0.463 e. The molecule has 0 saturated heterocycles. The molecule has 0 aromatic rings. The molecule has 0 heterocycles. The topological polar surface area (TPSA) is 63.6 Å². The lowest BCUT2D eigenvalue weighted by Gasteiger charge is -2.46. The van der Waals surface area contributed by atoms with Crippen LogP contribution >= 0.6 is 0 Å². The Morgan fingerprint density at radius 2 is 2.03 bits per heavy atom. The van der Waals surface area contributed by atoms with Gasteiger partial charge >= 0.3 is 5.97 Å². The number of aliphatic hydroxyl groups excluding tert-OH is 1. The van der Waals surface area contributed by atoms with Gasteiger partial charge in [0.2, 0.25) is 0 Å². The molecule has 1 N–H and O–H groups in total. The van der Waals surface area contributed by atoms with Crippen LogP contribution < -0.4 is 0 Å². The number of allylic oxidation sites excluding steroid dienone is 1. The molecule has 2 aliphatic carbocycles. The van der Waals surface area contributed by atoms with Crippen molar-refractivity contribution < 1.29 is 19.4 Å². The third-order valence-corrected chi connectivity index (χ3v) is 7.32. The smallest absolute Gasteiger partial charge is 0.330 e. The summed E-state index contributed by atoms with van der Waals surface area (Å²) >= 11 is 0. The van der Waals surface area contributed by atoms with E-state index < -0.39 is 0 Å². The predicted octanol–water partition coefficient (Wildman–Crippen LogP) is 5.76. The van der Waals surface area contributed by atoms with Crippen molar-refractivity contribution in [3.63, 3.8) is 0 Å². The second kappa shape index (κ2) is 12.5. The minimum Gasteiger partial charge on any atom is -0.463 e. The summed E-state index contributed by atoms with van der Waals surface area (Å²) in [7, 11) is 0. The lowest BCUT2D eigenvalue weighted by atomic mass is 9.61. The van der Waals surface area contributed by atoms with Crippen molar-refractivity contribution >= 4 is 11.8 Å². The summed E-state index contributed by atoms with van der Waals surface area (Å²) in [6, 6.07) is 0. The Morgan fingerprint density at radius 1 is 1.24 bits per heavy atom. The number of carbonyl (C=O) groups excluding carboxylic acids is 2. The Hall–Kier alpha value is -1.16. The van der Waals surface area contributed by atoms with Crippen molar-refractivity contribution in [1.82, 2.24) is 0 Å². The SMILES string of the molecule is CCCCC1(C(O)CC[C@H]2CCC(=O)[C@@H]2CCCCC=CC(=O)OCC)CCC1. The standard InChI is InChI=1S/C25H42O4/c1-3-5-17-25(18-10-19-25)23(27)16-14-20-13-15-22(26)21(20)11-8-6-7-9-12-24(28)29-4-2/h9,12,20-21,23,27H,3-8,10-11,13-19H2,1-2H3/t20-,21-,23?/m1/s1. The predicted molar refractivity (Wildman–Crippen MR) is 117 cm³/mol. The van der Waals surface area contributed by atoms with Gasteiger partial charge in [-0.3, -0.25) is 4.79 Å². The van der Waals surface area contributed by atoms with Crippen LogP contribution in [0.5, 0.6) is 0 Å². The monoisotopic (exact) mass is 406 g/mol. The molecule has 2 aliphatic rings. The summed E-state index contributed by atoms with van der Waals surface area (Å²) in [6.45, 7) is 4.43. The van der Waals surface area contributed by atoms with Crippen molar-refractivity contribution in [3.05, 3.63) is 12.2 Å². The van der Waals surface area contributed by atoms with E-state index in [1.807, 2.05) is 6.08 Å². The van der Waals surface area contributed by atoms with Gasteiger partial charge < -0.3 is 9.84 Å². The Kier molecular flexibility index (Phi) is 10.4. The molecule has 1 unspecified atom stereocenters. The molecule has 3 atom stereocenters. The molecular weight excluding hydrogens is 364 g/mol. The number of unbranched alkanes of at least 4 members (excludes halogenated alkanes) is 3. The van der Waals surface area contributed by atoms with Crippen LogP contribution in [0.1, 0.15) is 104 Å². The van der Waals surface area contributed by atoms with Gasteiger partial charge in [-0.15, -0.1) is 0 Å². The summed E-state index contributed by atoms with van der Waals surface area (Å²) in [6.07, 6.45) is 17.8. The summed E-state index contributed by atoms with van der Waals surface area (Å²) in [5, 5.41) is 10.9. The van der Waals surface area contributed by atoms with Gasteiger partial charge in [0.1, 0.15) is 5.78 Å². The fraction of sp³-hybridized carbons (Fsp3) is 0.840. The van der Waals surface area contributed by atoms with Gasteiger partial charge in [-0.1, -0.05) is 38.7 Å². The summed E-state index contributed by atoms with van der Waals surface area (Å²) < 4.78 is 4.87. The van der Waals surface area contributed by atoms with Crippen LogP contribution in [0, 0.1) is 17.3 Å². The number of carbonyl (C=O) groups is 2. The van der Waals surface area contributed by atoms with Crippen molar-refractivity contribution in [2.75, 3.05) is 6.61 Å². The van der Waals surface area contributed by atoms with E-state index in [0.717, 1.165) is 57.8 Å². The zero-order valence-corrected chi connectivity index (χ0v) is 18.7. The van der Waals surface area contributed by atoms with E-state index >= 15 is 0 Å². The Bertz CT molecular complexity index is 535. The first-order valence-electron chi connectivity index (χ1n) is 12.1. The van der Waals surface area contributed by atoms with Gasteiger partial charge in [0.15, 0.2) is 0 Å². The van der Waals surface area contributed by atoms with Crippen LogP contribution in [0.15, 0.2) is 12.2 Å². The van der Waals surface area contributed by atoms with E-state index in [1.165, 1.54) is 38.2 Å². The second-order valence-electron chi connectivity index (χ2n) is 9.22. The molecule has 29 heavy (non-hydrogen) atoms. The maximum absolute atomic E-state index is 12.4. The van der Waals surface area contributed by atoms with Gasteiger partial charge in [0.05, 0.1) is 12.7 Å². The number of hydrogen-bond donors (Lipinski definition) is 1. The first-order valence-corrected chi connectivity index (χ1v) is 12.1. The normalized spacial score (nSPS) is 24.6. The van der Waals surface area contributed by atoms with Gasteiger partial charge in [-0.2, -0.15) is 0 Å². The molecule has 0 aromatic heterocycles. The first kappa shape index (κ1) is 24.1. The Morgan fingerprint density at radius 3 is 2.69 bits per heavy atom. The lowest BCUT2D eigenvalue weighted by molar-refractivity contribution is -0.137. The van der Waals surface area contributed by atoms with Crippen molar-refractivity contribution in [3.8, 4) is 0 Å². The van der Waals surface area contributed by atoms with Crippen LogP contribution in [0.2, 0.25) is 0 Å². The molecule has 4 nitrogen and oxygen atoms in total. The minimum atomic E-state index is -0.278. The van der Waals surface area contributed by atoms with E-state index in [2.05, 4.69) is 6.92 Å². The molecular formula is C25H42O4. The van der Waals surface area contributed by atoms with E-state index in [-0.39, 0.29) is 23.4 Å². The summed E-state index contributed by atoms with van der Waals surface area (Å²) in [4.78, 5) is 23.7. The van der Waals surface area contributed by atoms with Crippen molar-refractivity contribution in [1.29, 1.82) is 0 Å². The third-order valence-electron chi connectivity index (χ3n) is 7.32. The maximum atomic E-state index is 12.4. The van der Waals surface area contributed by atoms with Crippen molar-refractivity contribution in [2.45, 2.75) is 110 Å². The number of ketones is 1. The average Bonchev–Trinajstić information content (AvgIpc) is 3.02.